The quantitative estimate of drug-likeness (QED) is 0.510. The molecule has 2 heterocycles. The average Bonchev–Trinajstić information content (AvgIpc) is 2.56. The van der Waals surface area contributed by atoms with E-state index < -0.39 is 35.9 Å². The summed E-state index contributed by atoms with van der Waals surface area (Å²) in [5, 5.41) is 18.9. The molecule has 3 unspecified atom stereocenters. The standard InChI is InChI=1S/C15H21NO7/c1-2-22-15(21)9-5-3-4-6-16(9)14(20)13(19)12-7-10(17)11(18)8-23-12/h7,9-11,17-18H,2-6,8H2,1H3. The van der Waals surface area contributed by atoms with E-state index in [9.17, 15) is 24.6 Å². The van der Waals surface area contributed by atoms with Gasteiger partial charge in [0.1, 0.15) is 24.9 Å². The predicted molar refractivity (Wildman–Crippen MR) is 77.0 cm³/mol. The summed E-state index contributed by atoms with van der Waals surface area (Å²) in [6.07, 6.45) is 0.514. The summed E-state index contributed by atoms with van der Waals surface area (Å²) in [4.78, 5) is 37.8. The van der Waals surface area contributed by atoms with E-state index in [4.69, 9.17) is 9.47 Å². The molecule has 8 nitrogen and oxygen atoms in total. The first-order valence-electron chi connectivity index (χ1n) is 7.68. The Bertz CT molecular complexity index is 516. The minimum absolute atomic E-state index is 0.198. The highest BCUT2D eigenvalue weighted by Crippen LogP contribution is 2.21. The molecule has 1 amide bonds. The van der Waals surface area contributed by atoms with Crippen molar-refractivity contribution in [2.45, 2.75) is 44.4 Å². The maximum absolute atomic E-state index is 12.4. The number of ether oxygens (including phenoxy) is 2. The highest BCUT2D eigenvalue weighted by atomic mass is 16.5. The number of aliphatic hydroxyl groups is 2. The fraction of sp³-hybridized carbons (Fsp3) is 0.667. The molecule has 0 bridgehead atoms. The first-order valence-corrected chi connectivity index (χ1v) is 7.68. The first-order chi connectivity index (χ1) is 11.0. The third-order valence-corrected chi connectivity index (χ3v) is 3.87. The van der Waals surface area contributed by atoms with E-state index in [2.05, 4.69) is 0 Å². The van der Waals surface area contributed by atoms with Gasteiger partial charge in [-0.05, 0) is 32.3 Å². The zero-order valence-electron chi connectivity index (χ0n) is 12.9. The Morgan fingerprint density at radius 2 is 2.09 bits per heavy atom. The van der Waals surface area contributed by atoms with Crippen LogP contribution in [0.3, 0.4) is 0 Å². The van der Waals surface area contributed by atoms with Gasteiger partial charge in [0, 0.05) is 6.54 Å². The smallest absolute Gasteiger partial charge is 0.328 e. The highest BCUT2D eigenvalue weighted by Gasteiger charge is 2.38. The lowest BCUT2D eigenvalue weighted by molar-refractivity contribution is -0.159. The SMILES string of the molecule is CCOC(=O)C1CCCCN1C(=O)C(=O)C1=CC(O)C(O)CO1. The summed E-state index contributed by atoms with van der Waals surface area (Å²) in [6.45, 7) is 1.88. The average molecular weight is 327 g/mol. The molecule has 0 saturated carbocycles. The molecule has 2 aliphatic rings. The molecule has 1 saturated heterocycles. The molecule has 0 spiro atoms. The van der Waals surface area contributed by atoms with Crippen LogP contribution in [0.5, 0.6) is 0 Å². The van der Waals surface area contributed by atoms with Crippen LogP contribution in [0.1, 0.15) is 26.2 Å². The number of rotatable bonds is 4. The number of aliphatic hydroxyl groups excluding tert-OH is 2. The van der Waals surface area contributed by atoms with Crippen molar-refractivity contribution in [3.05, 3.63) is 11.8 Å². The van der Waals surface area contributed by atoms with Gasteiger partial charge in [-0.3, -0.25) is 9.59 Å². The molecule has 2 N–H and O–H groups in total. The number of likely N-dealkylation sites (tertiary alicyclic amines) is 1. The van der Waals surface area contributed by atoms with Crippen molar-refractivity contribution in [1.82, 2.24) is 4.90 Å². The fourth-order valence-electron chi connectivity index (χ4n) is 2.62. The van der Waals surface area contributed by atoms with E-state index in [1.807, 2.05) is 0 Å². The number of Topliss-reactive ketones (excluding diaryl/α,β-unsaturated/α-hetero) is 1. The van der Waals surface area contributed by atoms with Crippen molar-refractivity contribution in [1.29, 1.82) is 0 Å². The number of ketones is 1. The largest absolute Gasteiger partial charge is 0.487 e. The number of nitrogens with zero attached hydrogens (tertiary/aromatic N) is 1. The van der Waals surface area contributed by atoms with Gasteiger partial charge < -0.3 is 24.6 Å². The number of hydrogen-bond acceptors (Lipinski definition) is 7. The Morgan fingerprint density at radius 1 is 1.35 bits per heavy atom. The molecule has 128 valence electrons. The zero-order chi connectivity index (χ0) is 17.0. The van der Waals surface area contributed by atoms with Crippen LogP contribution in [-0.2, 0) is 23.9 Å². The fourth-order valence-corrected chi connectivity index (χ4v) is 2.62. The third-order valence-electron chi connectivity index (χ3n) is 3.87. The second-order valence-electron chi connectivity index (χ2n) is 5.49. The van der Waals surface area contributed by atoms with Crippen LogP contribution in [0.2, 0.25) is 0 Å². The van der Waals surface area contributed by atoms with E-state index in [1.54, 1.807) is 6.92 Å². The lowest BCUT2D eigenvalue weighted by atomic mass is 10.0. The number of esters is 1. The lowest BCUT2D eigenvalue weighted by Gasteiger charge is -2.33. The second-order valence-corrected chi connectivity index (χ2v) is 5.49. The van der Waals surface area contributed by atoms with Gasteiger partial charge in [-0.15, -0.1) is 0 Å². The summed E-state index contributed by atoms with van der Waals surface area (Å²) >= 11 is 0. The maximum Gasteiger partial charge on any atom is 0.328 e. The van der Waals surface area contributed by atoms with Gasteiger partial charge in [-0.2, -0.15) is 0 Å². The van der Waals surface area contributed by atoms with Gasteiger partial charge in [-0.25, -0.2) is 4.79 Å². The van der Waals surface area contributed by atoms with E-state index in [0.717, 1.165) is 12.5 Å². The number of amides is 1. The zero-order valence-corrected chi connectivity index (χ0v) is 12.9. The van der Waals surface area contributed by atoms with Crippen LogP contribution in [0.4, 0.5) is 0 Å². The number of carbonyl (C=O) groups is 3. The van der Waals surface area contributed by atoms with Crippen LogP contribution < -0.4 is 0 Å². The monoisotopic (exact) mass is 327 g/mol. The van der Waals surface area contributed by atoms with Crippen molar-refractivity contribution in [2.75, 3.05) is 19.8 Å². The molecule has 0 aromatic rings. The Balaban J connectivity index is 2.12. The summed E-state index contributed by atoms with van der Waals surface area (Å²) in [5.74, 6) is -2.63. The lowest BCUT2D eigenvalue weighted by Crippen LogP contribution is -2.51. The van der Waals surface area contributed by atoms with Crippen molar-refractivity contribution >= 4 is 17.7 Å². The van der Waals surface area contributed by atoms with Crippen molar-refractivity contribution in [3.63, 3.8) is 0 Å². The number of piperidine rings is 1. The summed E-state index contributed by atoms with van der Waals surface area (Å²) in [7, 11) is 0. The van der Waals surface area contributed by atoms with Gasteiger partial charge in [0.25, 0.3) is 11.7 Å². The molecular formula is C15H21NO7. The van der Waals surface area contributed by atoms with Crippen molar-refractivity contribution in [3.8, 4) is 0 Å². The van der Waals surface area contributed by atoms with Gasteiger partial charge >= 0.3 is 5.97 Å². The van der Waals surface area contributed by atoms with Crippen molar-refractivity contribution in [2.24, 2.45) is 0 Å². The van der Waals surface area contributed by atoms with Crippen molar-refractivity contribution < 1.29 is 34.1 Å². The molecule has 0 aliphatic carbocycles. The second kappa shape index (κ2) is 7.56. The van der Waals surface area contributed by atoms with Gasteiger partial charge in [0.15, 0.2) is 5.76 Å². The van der Waals surface area contributed by atoms with E-state index in [0.29, 0.717) is 12.8 Å². The van der Waals surface area contributed by atoms with Gasteiger partial charge in [0.2, 0.25) is 0 Å². The van der Waals surface area contributed by atoms with Crippen LogP contribution in [-0.4, -0.2) is 70.8 Å². The molecule has 2 rings (SSSR count). The molecule has 0 aromatic heterocycles. The minimum Gasteiger partial charge on any atom is -0.487 e. The third kappa shape index (κ3) is 3.89. The molecule has 23 heavy (non-hydrogen) atoms. The molecule has 0 radical (unpaired) electrons. The highest BCUT2D eigenvalue weighted by molar-refractivity contribution is 6.42. The van der Waals surface area contributed by atoms with E-state index in [1.165, 1.54) is 4.90 Å². The van der Waals surface area contributed by atoms with Gasteiger partial charge in [-0.1, -0.05) is 0 Å². The molecule has 2 aliphatic heterocycles. The molecule has 3 atom stereocenters. The topological polar surface area (TPSA) is 113 Å². The summed E-state index contributed by atoms with van der Waals surface area (Å²) < 4.78 is 9.97. The van der Waals surface area contributed by atoms with E-state index in [-0.39, 0.29) is 25.5 Å². The molecule has 1 fully saturated rings. The predicted octanol–water partition coefficient (Wildman–Crippen LogP) is -0.864. The first kappa shape index (κ1) is 17.4. The van der Waals surface area contributed by atoms with Crippen LogP contribution in [0, 0.1) is 0 Å². The Labute approximate surface area is 133 Å². The Morgan fingerprint density at radius 3 is 2.74 bits per heavy atom. The molecule has 0 aromatic carbocycles. The summed E-state index contributed by atoms with van der Waals surface area (Å²) in [6, 6.07) is -0.778. The molecular weight excluding hydrogens is 306 g/mol. The Hall–Kier alpha value is -1.93. The Kier molecular flexibility index (Phi) is 5.73. The van der Waals surface area contributed by atoms with Gasteiger partial charge in [0.05, 0.1) is 6.61 Å². The maximum atomic E-state index is 12.4. The van der Waals surface area contributed by atoms with E-state index >= 15 is 0 Å². The van der Waals surface area contributed by atoms with Crippen LogP contribution >= 0.6 is 0 Å². The number of hydrogen-bond donors (Lipinski definition) is 2. The summed E-state index contributed by atoms with van der Waals surface area (Å²) in [5.41, 5.74) is 0. The molecule has 8 heteroatoms. The number of carbonyl (C=O) groups excluding carboxylic acids is 3. The normalized spacial score (nSPS) is 27.7. The minimum atomic E-state index is -1.27. The van der Waals surface area contributed by atoms with Crippen LogP contribution in [0.25, 0.3) is 0 Å². The van der Waals surface area contributed by atoms with Crippen LogP contribution in [0.15, 0.2) is 11.8 Å².